The van der Waals surface area contributed by atoms with Gasteiger partial charge in [0.15, 0.2) is 0 Å². The molecule has 3 rings (SSSR count). The van der Waals surface area contributed by atoms with E-state index in [-0.39, 0.29) is 24.3 Å². The van der Waals surface area contributed by atoms with Crippen molar-refractivity contribution in [2.45, 2.75) is 12.8 Å². The Balaban J connectivity index is 1.73. The highest BCUT2D eigenvalue weighted by atomic mass is 16.4. The molecule has 0 aliphatic carbocycles. The lowest BCUT2D eigenvalue weighted by atomic mass is 9.98. The minimum absolute atomic E-state index is 0.0112. The molecule has 1 unspecified atom stereocenters. The molecule has 0 spiro atoms. The fourth-order valence-corrected chi connectivity index (χ4v) is 3.05. The Bertz CT molecular complexity index is 578. The van der Waals surface area contributed by atoms with Gasteiger partial charge in [-0.1, -0.05) is 12.1 Å². The number of piperidine rings is 1. The minimum atomic E-state index is -0.943. The van der Waals surface area contributed by atoms with Crippen molar-refractivity contribution in [3.05, 3.63) is 35.4 Å². The van der Waals surface area contributed by atoms with Crippen molar-refractivity contribution in [1.29, 1.82) is 0 Å². The first-order chi connectivity index (χ1) is 10.1. The number of nitrogens with zero attached hydrogens (tertiary/aromatic N) is 2. The summed E-state index contributed by atoms with van der Waals surface area (Å²) in [5.74, 6) is -0.539. The number of carbonyl (C=O) groups is 3. The van der Waals surface area contributed by atoms with Gasteiger partial charge in [-0.05, 0) is 30.9 Å². The second-order valence-corrected chi connectivity index (χ2v) is 5.50. The molecule has 1 aromatic carbocycles. The zero-order valence-corrected chi connectivity index (χ0v) is 11.5. The van der Waals surface area contributed by atoms with Crippen LogP contribution in [-0.4, -0.2) is 52.4 Å². The van der Waals surface area contributed by atoms with E-state index in [1.807, 2.05) is 0 Å². The average Bonchev–Trinajstić information content (AvgIpc) is 2.73. The van der Waals surface area contributed by atoms with Crippen LogP contribution in [0.4, 0.5) is 4.79 Å². The van der Waals surface area contributed by atoms with E-state index in [0.717, 1.165) is 12.8 Å². The van der Waals surface area contributed by atoms with Crippen molar-refractivity contribution in [2.75, 3.05) is 19.6 Å². The first-order valence-corrected chi connectivity index (χ1v) is 7.01. The minimum Gasteiger partial charge on any atom is -0.465 e. The van der Waals surface area contributed by atoms with Gasteiger partial charge in [0, 0.05) is 19.6 Å². The molecular weight excluding hydrogens is 272 g/mol. The standard InChI is InChI=1S/C15H16N2O4/c18-13-11-5-1-2-6-12(11)14(19)17(13)9-10-4-3-7-16(8-10)15(20)21/h1-2,5-6,10H,3-4,7-9H2,(H,20,21). The number of hydrogen-bond donors (Lipinski definition) is 1. The van der Waals surface area contributed by atoms with Gasteiger partial charge < -0.3 is 10.0 Å². The molecule has 1 saturated heterocycles. The predicted octanol–water partition coefficient (Wildman–Crippen LogP) is 1.67. The summed E-state index contributed by atoms with van der Waals surface area (Å²) in [5.41, 5.74) is 0.877. The highest BCUT2D eigenvalue weighted by molar-refractivity contribution is 6.21. The molecule has 1 atom stereocenters. The number of fused-ring (bicyclic) bond motifs is 1. The van der Waals surface area contributed by atoms with Crippen LogP contribution in [0.3, 0.4) is 0 Å². The second kappa shape index (κ2) is 5.20. The van der Waals surface area contributed by atoms with Crippen molar-refractivity contribution in [1.82, 2.24) is 9.80 Å². The van der Waals surface area contributed by atoms with Crippen LogP contribution in [0.25, 0.3) is 0 Å². The highest BCUT2D eigenvalue weighted by Gasteiger charge is 2.37. The summed E-state index contributed by atoms with van der Waals surface area (Å²) in [6, 6.07) is 6.78. The molecule has 110 valence electrons. The van der Waals surface area contributed by atoms with E-state index in [4.69, 9.17) is 5.11 Å². The lowest BCUT2D eigenvalue weighted by molar-refractivity contribution is 0.0591. The van der Waals surface area contributed by atoms with Crippen LogP contribution < -0.4 is 0 Å². The summed E-state index contributed by atoms with van der Waals surface area (Å²) in [4.78, 5) is 38.2. The van der Waals surface area contributed by atoms with Crippen LogP contribution >= 0.6 is 0 Å². The van der Waals surface area contributed by atoms with Crippen LogP contribution in [0.15, 0.2) is 24.3 Å². The van der Waals surface area contributed by atoms with Crippen molar-refractivity contribution >= 4 is 17.9 Å². The van der Waals surface area contributed by atoms with Crippen LogP contribution in [0.1, 0.15) is 33.6 Å². The molecule has 1 aromatic rings. The van der Waals surface area contributed by atoms with E-state index >= 15 is 0 Å². The van der Waals surface area contributed by atoms with E-state index < -0.39 is 6.09 Å². The highest BCUT2D eigenvalue weighted by Crippen LogP contribution is 2.25. The third kappa shape index (κ3) is 2.37. The molecule has 2 aliphatic heterocycles. The predicted molar refractivity (Wildman–Crippen MR) is 74.1 cm³/mol. The fourth-order valence-electron chi connectivity index (χ4n) is 3.05. The van der Waals surface area contributed by atoms with Crippen LogP contribution in [0.2, 0.25) is 0 Å². The zero-order valence-electron chi connectivity index (χ0n) is 11.5. The molecular formula is C15H16N2O4. The van der Waals surface area contributed by atoms with Gasteiger partial charge in [0.25, 0.3) is 11.8 Å². The van der Waals surface area contributed by atoms with E-state index in [1.165, 1.54) is 9.80 Å². The van der Waals surface area contributed by atoms with Gasteiger partial charge in [-0.3, -0.25) is 14.5 Å². The molecule has 2 aliphatic rings. The summed E-state index contributed by atoms with van der Waals surface area (Å²) in [6.45, 7) is 1.19. The Morgan fingerprint density at radius 3 is 2.38 bits per heavy atom. The van der Waals surface area contributed by atoms with Crippen LogP contribution in [0, 0.1) is 5.92 Å². The SMILES string of the molecule is O=C(O)N1CCCC(CN2C(=O)c3ccccc3C2=O)C1. The van der Waals surface area contributed by atoms with Gasteiger partial charge >= 0.3 is 6.09 Å². The van der Waals surface area contributed by atoms with E-state index in [2.05, 4.69) is 0 Å². The van der Waals surface area contributed by atoms with Gasteiger partial charge in [0.2, 0.25) is 0 Å². The first-order valence-electron chi connectivity index (χ1n) is 7.01. The second-order valence-electron chi connectivity index (χ2n) is 5.50. The number of benzene rings is 1. The fraction of sp³-hybridized carbons (Fsp3) is 0.400. The Hall–Kier alpha value is -2.37. The molecule has 1 fully saturated rings. The molecule has 0 bridgehead atoms. The molecule has 3 amide bonds. The van der Waals surface area contributed by atoms with Gasteiger partial charge in [0.05, 0.1) is 11.1 Å². The number of likely N-dealkylation sites (tertiary alicyclic amines) is 1. The van der Waals surface area contributed by atoms with E-state index in [1.54, 1.807) is 24.3 Å². The monoisotopic (exact) mass is 288 g/mol. The van der Waals surface area contributed by atoms with Crippen LogP contribution in [0.5, 0.6) is 0 Å². The third-order valence-electron chi connectivity index (χ3n) is 4.11. The maximum atomic E-state index is 12.3. The van der Waals surface area contributed by atoms with E-state index in [0.29, 0.717) is 24.2 Å². The molecule has 6 nitrogen and oxygen atoms in total. The number of carboxylic acid groups (broad SMARTS) is 1. The molecule has 1 N–H and O–H groups in total. The Morgan fingerprint density at radius 1 is 1.19 bits per heavy atom. The molecule has 21 heavy (non-hydrogen) atoms. The summed E-state index contributed by atoms with van der Waals surface area (Å²) >= 11 is 0. The third-order valence-corrected chi connectivity index (χ3v) is 4.11. The summed E-state index contributed by atoms with van der Waals surface area (Å²) in [6.07, 6.45) is 0.652. The Kier molecular flexibility index (Phi) is 3.37. The summed E-state index contributed by atoms with van der Waals surface area (Å²) in [5, 5.41) is 9.04. The van der Waals surface area contributed by atoms with Crippen molar-refractivity contribution in [3.63, 3.8) is 0 Å². The summed E-state index contributed by atoms with van der Waals surface area (Å²) in [7, 11) is 0. The maximum absolute atomic E-state index is 12.3. The number of carbonyl (C=O) groups excluding carboxylic acids is 2. The average molecular weight is 288 g/mol. The molecule has 0 saturated carbocycles. The first kappa shape index (κ1) is 13.6. The lowest BCUT2D eigenvalue weighted by Gasteiger charge is -2.32. The quantitative estimate of drug-likeness (QED) is 0.840. The Labute approximate surface area is 122 Å². The van der Waals surface area contributed by atoms with Gasteiger partial charge in [-0.2, -0.15) is 0 Å². The van der Waals surface area contributed by atoms with Gasteiger partial charge in [-0.25, -0.2) is 4.79 Å². The number of imide groups is 1. The molecule has 0 radical (unpaired) electrons. The Morgan fingerprint density at radius 2 is 1.81 bits per heavy atom. The van der Waals surface area contributed by atoms with Crippen molar-refractivity contribution in [2.24, 2.45) is 5.92 Å². The number of rotatable bonds is 2. The molecule has 0 aromatic heterocycles. The number of amides is 3. The summed E-state index contributed by atoms with van der Waals surface area (Å²) < 4.78 is 0. The van der Waals surface area contributed by atoms with Gasteiger partial charge in [-0.15, -0.1) is 0 Å². The smallest absolute Gasteiger partial charge is 0.407 e. The van der Waals surface area contributed by atoms with E-state index in [9.17, 15) is 14.4 Å². The van der Waals surface area contributed by atoms with Crippen molar-refractivity contribution in [3.8, 4) is 0 Å². The van der Waals surface area contributed by atoms with Crippen LogP contribution in [-0.2, 0) is 0 Å². The molecule has 2 heterocycles. The number of hydrogen-bond acceptors (Lipinski definition) is 3. The van der Waals surface area contributed by atoms with Crippen molar-refractivity contribution < 1.29 is 19.5 Å². The largest absolute Gasteiger partial charge is 0.465 e. The molecule has 6 heteroatoms. The normalized spacial score (nSPS) is 21.6. The van der Waals surface area contributed by atoms with Gasteiger partial charge in [0.1, 0.15) is 0 Å². The topological polar surface area (TPSA) is 77.9 Å². The zero-order chi connectivity index (χ0) is 15.0. The lowest BCUT2D eigenvalue weighted by Crippen LogP contribution is -2.44. The maximum Gasteiger partial charge on any atom is 0.407 e.